The van der Waals surface area contributed by atoms with Crippen molar-refractivity contribution >= 4 is 28.6 Å². The van der Waals surface area contributed by atoms with Crippen LogP contribution in [-0.2, 0) is 4.79 Å². The number of nitrogens with zero attached hydrogens (tertiary/aromatic N) is 1. The minimum Gasteiger partial charge on any atom is -0.324 e. The van der Waals surface area contributed by atoms with Gasteiger partial charge in [0.25, 0.3) is 0 Å². The molecule has 0 aliphatic heterocycles. The number of benzene rings is 2. The standard InChI is InChI=1S/C23H22N2O/c1-2-8-18(17-19-9-4-3-5-10-19)14-15-22(26)25-21-13-6-11-20-12-7-16-24-23(20)21/h2-7,9-13,16-17H,1,8,14-15H2,(H,25,26). The number of nitrogens with one attached hydrogen (secondary N) is 1. The summed E-state index contributed by atoms with van der Waals surface area (Å²) >= 11 is 0. The Morgan fingerprint density at radius 1 is 1.00 bits per heavy atom. The first-order chi connectivity index (χ1) is 12.8. The maximum atomic E-state index is 12.4. The largest absolute Gasteiger partial charge is 0.324 e. The molecule has 0 saturated heterocycles. The second-order valence-electron chi connectivity index (χ2n) is 6.13. The van der Waals surface area contributed by atoms with Gasteiger partial charge in [-0.3, -0.25) is 9.78 Å². The molecule has 2 aromatic carbocycles. The molecule has 1 N–H and O–H groups in total. The molecule has 0 aliphatic rings. The smallest absolute Gasteiger partial charge is 0.224 e. The summed E-state index contributed by atoms with van der Waals surface area (Å²) in [6.45, 7) is 3.82. The van der Waals surface area contributed by atoms with Gasteiger partial charge in [0.15, 0.2) is 0 Å². The average molecular weight is 342 g/mol. The average Bonchev–Trinajstić information content (AvgIpc) is 2.67. The highest BCUT2D eigenvalue weighted by Gasteiger charge is 2.08. The zero-order valence-electron chi connectivity index (χ0n) is 14.7. The van der Waals surface area contributed by atoms with Crippen LogP contribution in [0.4, 0.5) is 5.69 Å². The highest BCUT2D eigenvalue weighted by atomic mass is 16.1. The van der Waals surface area contributed by atoms with Crippen molar-refractivity contribution in [2.75, 3.05) is 5.32 Å². The minimum absolute atomic E-state index is 0.00817. The minimum atomic E-state index is -0.00817. The quantitative estimate of drug-likeness (QED) is 0.567. The molecule has 0 bridgehead atoms. The highest BCUT2D eigenvalue weighted by Crippen LogP contribution is 2.22. The molecule has 130 valence electrons. The summed E-state index contributed by atoms with van der Waals surface area (Å²) in [5.74, 6) is -0.00817. The number of hydrogen-bond acceptors (Lipinski definition) is 2. The van der Waals surface area contributed by atoms with Crippen molar-refractivity contribution < 1.29 is 4.79 Å². The SMILES string of the molecule is C=CCC(=Cc1ccccc1)CCC(=O)Nc1cccc2cccnc12. The van der Waals surface area contributed by atoms with Crippen molar-refractivity contribution in [1.29, 1.82) is 0 Å². The Bertz CT molecular complexity index is 924. The molecule has 0 spiro atoms. The van der Waals surface area contributed by atoms with E-state index in [0.29, 0.717) is 12.8 Å². The number of amides is 1. The van der Waals surface area contributed by atoms with Crippen molar-refractivity contribution in [1.82, 2.24) is 4.98 Å². The fourth-order valence-electron chi connectivity index (χ4n) is 2.90. The molecule has 0 aliphatic carbocycles. The second kappa shape index (κ2) is 8.77. The van der Waals surface area contributed by atoms with Gasteiger partial charge in [-0.15, -0.1) is 6.58 Å². The van der Waals surface area contributed by atoms with Crippen LogP contribution in [0.2, 0.25) is 0 Å². The Hall–Kier alpha value is -3.20. The van der Waals surface area contributed by atoms with Gasteiger partial charge < -0.3 is 5.32 Å². The molecule has 1 amide bonds. The molecule has 0 fully saturated rings. The summed E-state index contributed by atoms with van der Waals surface area (Å²) in [6, 6.07) is 19.8. The van der Waals surface area contributed by atoms with E-state index in [0.717, 1.165) is 28.6 Å². The summed E-state index contributed by atoms with van der Waals surface area (Å²) in [5, 5.41) is 4.01. The third kappa shape index (κ3) is 4.67. The molecule has 1 heterocycles. The molecule has 26 heavy (non-hydrogen) atoms. The van der Waals surface area contributed by atoms with Crippen LogP contribution in [0.25, 0.3) is 17.0 Å². The molecular formula is C23H22N2O. The van der Waals surface area contributed by atoms with E-state index in [1.807, 2.05) is 54.6 Å². The Morgan fingerprint density at radius 3 is 2.62 bits per heavy atom. The molecule has 1 aromatic heterocycles. The number of aromatic nitrogens is 1. The molecule has 0 radical (unpaired) electrons. The Morgan fingerprint density at radius 2 is 1.81 bits per heavy atom. The number of carbonyl (C=O) groups is 1. The number of hydrogen-bond donors (Lipinski definition) is 1. The second-order valence-corrected chi connectivity index (χ2v) is 6.13. The van der Waals surface area contributed by atoms with E-state index >= 15 is 0 Å². The van der Waals surface area contributed by atoms with Gasteiger partial charge in [-0.25, -0.2) is 0 Å². The molecule has 3 aromatic rings. The lowest BCUT2D eigenvalue weighted by molar-refractivity contribution is -0.116. The van der Waals surface area contributed by atoms with E-state index in [4.69, 9.17) is 0 Å². The number of para-hydroxylation sites is 1. The van der Waals surface area contributed by atoms with Crippen molar-refractivity contribution in [3.05, 3.63) is 90.7 Å². The van der Waals surface area contributed by atoms with Gasteiger partial charge in [0, 0.05) is 18.0 Å². The molecule has 0 unspecified atom stereocenters. The van der Waals surface area contributed by atoms with E-state index in [2.05, 4.69) is 35.1 Å². The summed E-state index contributed by atoms with van der Waals surface area (Å²) < 4.78 is 0. The zero-order chi connectivity index (χ0) is 18.2. The maximum absolute atomic E-state index is 12.4. The number of rotatable bonds is 7. The van der Waals surface area contributed by atoms with Crippen LogP contribution < -0.4 is 5.32 Å². The molecule has 3 heteroatoms. The van der Waals surface area contributed by atoms with E-state index in [9.17, 15) is 4.79 Å². The Balaban J connectivity index is 1.67. The molecule has 3 rings (SSSR count). The summed E-state index contributed by atoms with van der Waals surface area (Å²) in [7, 11) is 0. The lowest BCUT2D eigenvalue weighted by Gasteiger charge is -2.09. The van der Waals surface area contributed by atoms with Crippen LogP contribution >= 0.6 is 0 Å². The number of fused-ring (bicyclic) bond motifs is 1. The van der Waals surface area contributed by atoms with Crippen LogP contribution in [0.1, 0.15) is 24.8 Å². The first kappa shape index (κ1) is 17.6. The van der Waals surface area contributed by atoms with E-state index in [1.165, 1.54) is 5.57 Å². The molecule has 3 nitrogen and oxygen atoms in total. The van der Waals surface area contributed by atoms with Crippen molar-refractivity contribution in [3.63, 3.8) is 0 Å². The van der Waals surface area contributed by atoms with Crippen LogP contribution in [0.5, 0.6) is 0 Å². The number of allylic oxidation sites excluding steroid dienone is 2. The number of anilines is 1. The van der Waals surface area contributed by atoms with Gasteiger partial charge in [0.2, 0.25) is 5.91 Å². The summed E-state index contributed by atoms with van der Waals surface area (Å²) in [4.78, 5) is 16.8. The number of pyridine rings is 1. The zero-order valence-corrected chi connectivity index (χ0v) is 14.7. The van der Waals surface area contributed by atoms with Gasteiger partial charge in [0.1, 0.15) is 0 Å². The van der Waals surface area contributed by atoms with Gasteiger partial charge in [-0.1, -0.05) is 66.3 Å². The van der Waals surface area contributed by atoms with Gasteiger partial charge in [-0.2, -0.15) is 0 Å². The predicted octanol–water partition coefficient (Wildman–Crippen LogP) is 5.61. The fourth-order valence-corrected chi connectivity index (χ4v) is 2.90. The van der Waals surface area contributed by atoms with Crippen molar-refractivity contribution in [2.45, 2.75) is 19.3 Å². The lowest BCUT2D eigenvalue weighted by Crippen LogP contribution is -2.12. The van der Waals surface area contributed by atoms with Crippen LogP contribution in [0, 0.1) is 0 Å². The van der Waals surface area contributed by atoms with Gasteiger partial charge >= 0.3 is 0 Å². The normalized spacial score (nSPS) is 11.3. The van der Waals surface area contributed by atoms with Gasteiger partial charge in [0.05, 0.1) is 11.2 Å². The monoisotopic (exact) mass is 342 g/mol. The third-order valence-corrected chi connectivity index (χ3v) is 4.16. The maximum Gasteiger partial charge on any atom is 0.224 e. The molecule has 0 saturated carbocycles. The first-order valence-electron chi connectivity index (χ1n) is 8.75. The highest BCUT2D eigenvalue weighted by molar-refractivity contribution is 6.00. The fraction of sp³-hybridized carbons (Fsp3) is 0.130. The Kier molecular flexibility index (Phi) is 5.94. The topological polar surface area (TPSA) is 42.0 Å². The van der Waals surface area contributed by atoms with E-state index in [1.54, 1.807) is 6.20 Å². The summed E-state index contributed by atoms with van der Waals surface area (Å²) in [6.07, 6.45) is 7.65. The third-order valence-electron chi connectivity index (χ3n) is 4.16. The first-order valence-corrected chi connectivity index (χ1v) is 8.75. The number of carbonyl (C=O) groups excluding carboxylic acids is 1. The van der Waals surface area contributed by atoms with E-state index < -0.39 is 0 Å². The molecule has 0 atom stereocenters. The van der Waals surface area contributed by atoms with Crippen LogP contribution in [-0.4, -0.2) is 10.9 Å². The Labute approximate surface area is 154 Å². The van der Waals surface area contributed by atoms with Crippen molar-refractivity contribution in [2.24, 2.45) is 0 Å². The van der Waals surface area contributed by atoms with Crippen LogP contribution in [0.15, 0.2) is 85.1 Å². The van der Waals surface area contributed by atoms with Gasteiger partial charge in [-0.05, 0) is 30.5 Å². The van der Waals surface area contributed by atoms with E-state index in [-0.39, 0.29) is 5.91 Å². The van der Waals surface area contributed by atoms with Crippen LogP contribution in [0.3, 0.4) is 0 Å². The predicted molar refractivity (Wildman–Crippen MR) is 109 cm³/mol. The van der Waals surface area contributed by atoms with Crippen molar-refractivity contribution in [3.8, 4) is 0 Å². The summed E-state index contributed by atoms with van der Waals surface area (Å²) in [5.41, 5.74) is 3.90. The molecular weight excluding hydrogens is 320 g/mol. The lowest BCUT2D eigenvalue weighted by atomic mass is 10.0.